The predicted molar refractivity (Wildman–Crippen MR) is 81.6 cm³/mol. The van der Waals surface area contributed by atoms with Gasteiger partial charge in [-0.15, -0.1) is 0 Å². The van der Waals surface area contributed by atoms with Crippen molar-refractivity contribution in [2.75, 3.05) is 16.9 Å². The summed E-state index contributed by atoms with van der Waals surface area (Å²) >= 11 is 2.33. The van der Waals surface area contributed by atoms with Gasteiger partial charge in [0.1, 0.15) is 4.21 Å². The van der Waals surface area contributed by atoms with Crippen LogP contribution in [-0.4, -0.2) is 30.9 Å². The van der Waals surface area contributed by atoms with Gasteiger partial charge in [0.15, 0.2) is 5.00 Å². The number of rotatable bonds is 8. The van der Waals surface area contributed by atoms with Crippen LogP contribution >= 0.6 is 23.1 Å². The lowest BCUT2D eigenvalue weighted by Crippen LogP contribution is -2.33. The van der Waals surface area contributed by atoms with Crippen LogP contribution in [0, 0.1) is 10.1 Å². The molecule has 1 aromatic heterocycles. The van der Waals surface area contributed by atoms with Gasteiger partial charge in [0.05, 0.1) is 4.92 Å². The Bertz CT molecular complexity index is 572. The van der Waals surface area contributed by atoms with E-state index < -0.39 is 14.9 Å². The van der Waals surface area contributed by atoms with Gasteiger partial charge in [-0.3, -0.25) is 10.1 Å². The molecule has 1 rings (SSSR count). The Labute approximate surface area is 125 Å². The third kappa shape index (κ3) is 4.31. The van der Waals surface area contributed by atoms with Gasteiger partial charge in [0, 0.05) is 17.9 Å². The van der Waals surface area contributed by atoms with Gasteiger partial charge in [-0.05, 0) is 12.7 Å². The molecule has 4 N–H and O–H groups in total. The Morgan fingerprint density at radius 1 is 1.60 bits per heavy atom. The van der Waals surface area contributed by atoms with E-state index in [1.165, 1.54) is 0 Å². The van der Waals surface area contributed by atoms with E-state index in [9.17, 15) is 18.5 Å². The minimum absolute atomic E-state index is 0.00552. The summed E-state index contributed by atoms with van der Waals surface area (Å²) in [5, 5.41) is 10.8. The number of thiophene rings is 1. The molecular weight excluding hydrogens is 324 g/mol. The molecule has 8 nitrogen and oxygen atoms in total. The fraction of sp³-hybridized carbons (Fsp3) is 0.556. The van der Waals surface area contributed by atoms with E-state index in [1.54, 1.807) is 18.7 Å². The summed E-state index contributed by atoms with van der Waals surface area (Å²) in [6.45, 7) is 3.72. The molecule has 20 heavy (non-hydrogen) atoms. The summed E-state index contributed by atoms with van der Waals surface area (Å²) in [6.07, 6.45) is 0. The zero-order valence-corrected chi connectivity index (χ0v) is 13.4. The Hall–Kier alpha value is -0.880. The summed E-state index contributed by atoms with van der Waals surface area (Å²) in [5.41, 5.74) is 1.78. The SMILES string of the molecule is CCSCC(C)NS(=O)(=O)c1cc([N+](=O)[O-])c(NN)s1. The van der Waals surface area contributed by atoms with Gasteiger partial charge in [0.25, 0.3) is 10.0 Å². The van der Waals surface area contributed by atoms with E-state index in [1.807, 2.05) is 6.92 Å². The quantitative estimate of drug-likeness (QED) is 0.370. The maximum absolute atomic E-state index is 12.1. The zero-order chi connectivity index (χ0) is 15.3. The number of anilines is 1. The van der Waals surface area contributed by atoms with Gasteiger partial charge >= 0.3 is 5.69 Å². The van der Waals surface area contributed by atoms with Crippen LogP contribution < -0.4 is 16.0 Å². The maximum Gasteiger partial charge on any atom is 0.306 e. The minimum Gasteiger partial charge on any atom is -0.310 e. The van der Waals surface area contributed by atoms with Crippen LogP contribution in [0.3, 0.4) is 0 Å². The largest absolute Gasteiger partial charge is 0.310 e. The van der Waals surface area contributed by atoms with Crippen LogP contribution in [0.2, 0.25) is 0 Å². The number of thioether (sulfide) groups is 1. The van der Waals surface area contributed by atoms with Crippen molar-refractivity contribution >= 4 is 43.8 Å². The number of hydrazine groups is 1. The third-order valence-electron chi connectivity index (χ3n) is 2.21. The number of sulfonamides is 1. The molecule has 1 heterocycles. The first-order chi connectivity index (χ1) is 9.31. The lowest BCUT2D eigenvalue weighted by Gasteiger charge is -2.12. The lowest BCUT2D eigenvalue weighted by atomic mass is 10.4. The number of nitrogens with zero attached hydrogens (tertiary/aromatic N) is 1. The van der Waals surface area contributed by atoms with E-state index in [-0.39, 0.29) is 20.9 Å². The van der Waals surface area contributed by atoms with Crippen LogP contribution in [-0.2, 0) is 10.0 Å². The zero-order valence-electron chi connectivity index (χ0n) is 11.0. The molecule has 1 unspecified atom stereocenters. The monoisotopic (exact) mass is 340 g/mol. The normalized spacial score (nSPS) is 13.2. The highest BCUT2D eigenvalue weighted by atomic mass is 32.2. The molecule has 0 aliphatic heterocycles. The second kappa shape index (κ2) is 7.22. The number of nitrogens with one attached hydrogen (secondary N) is 2. The molecular formula is C9H16N4O4S3. The molecule has 11 heteroatoms. The van der Waals surface area contributed by atoms with E-state index in [0.29, 0.717) is 5.75 Å². The van der Waals surface area contributed by atoms with Crippen LogP contribution in [0.4, 0.5) is 10.7 Å². The molecule has 0 aliphatic rings. The van der Waals surface area contributed by atoms with Gasteiger partial charge in [0.2, 0.25) is 0 Å². The first kappa shape index (κ1) is 17.2. The molecule has 0 radical (unpaired) electrons. The van der Waals surface area contributed by atoms with Crippen molar-refractivity contribution in [3.8, 4) is 0 Å². The second-order valence-electron chi connectivity index (χ2n) is 3.86. The van der Waals surface area contributed by atoms with Gasteiger partial charge < -0.3 is 5.43 Å². The highest BCUT2D eigenvalue weighted by Gasteiger charge is 2.26. The average Bonchev–Trinajstić information content (AvgIpc) is 2.80. The molecule has 0 spiro atoms. The fourth-order valence-corrected chi connectivity index (χ4v) is 4.66. The van der Waals surface area contributed by atoms with Crippen molar-refractivity contribution < 1.29 is 13.3 Å². The van der Waals surface area contributed by atoms with Crippen molar-refractivity contribution in [1.29, 1.82) is 0 Å². The van der Waals surface area contributed by atoms with Crippen molar-refractivity contribution in [1.82, 2.24) is 4.72 Å². The summed E-state index contributed by atoms with van der Waals surface area (Å²) in [6, 6.07) is 0.738. The smallest absolute Gasteiger partial charge is 0.306 e. The summed E-state index contributed by atoms with van der Waals surface area (Å²) in [5.74, 6) is 6.67. The van der Waals surface area contributed by atoms with Crippen LogP contribution in [0.15, 0.2) is 10.3 Å². The van der Waals surface area contributed by atoms with Crippen molar-refractivity contribution in [2.45, 2.75) is 24.1 Å². The number of nitrogen functional groups attached to an aromatic ring is 1. The van der Waals surface area contributed by atoms with E-state index in [0.717, 1.165) is 23.2 Å². The minimum atomic E-state index is -3.78. The van der Waals surface area contributed by atoms with Crippen LogP contribution in [0.5, 0.6) is 0 Å². The van der Waals surface area contributed by atoms with E-state index in [2.05, 4.69) is 10.1 Å². The highest BCUT2D eigenvalue weighted by molar-refractivity contribution is 7.99. The van der Waals surface area contributed by atoms with Gasteiger partial charge in [-0.25, -0.2) is 19.0 Å². The molecule has 0 saturated carbocycles. The Kier molecular flexibility index (Phi) is 6.20. The topological polar surface area (TPSA) is 127 Å². The first-order valence-corrected chi connectivity index (χ1v) is 9.12. The molecule has 0 saturated heterocycles. The van der Waals surface area contributed by atoms with E-state index >= 15 is 0 Å². The highest BCUT2D eigenvalue weighted by Crippen LogP contribution is 2.36. The standard InChI is InChI=1S/C9H16N4O4S3/c1-3-18-5-6(2)12-20(16,17)8-4-7(13(14)15)9(11-10)19-8/h4,6,11-12H,3,5,10H2,1-2H3. The molecule has 0 aliphatic carbocycles. The molecule has 0 fully saturated rings. The molecule has 1 atom stereocenters. The predicted octanol–water partition coefficient (Wildman–Crippen LogP) is 1.36. The number of nitro groups is 1. The molecule has 0 aromatic carbocycles. The molecule has 114 valence electrons. The average molecular weight is 340 g/mol. The second-order valence-corrected chi connectivity index (χ2v) is 8.17. The molecule has 1 aromatic rings. The lowest BCUT2D eigenvalue weighted by molar-refractivity contribution is -0.383. The summed E-state index contributed by atoms with van der Waals surface area (Å²) in [4.78, 5) is 10.1. The van der Waals surface area contributed by atoms with Crippen LogP contribution in [0.25, 0.3) is 0 Å². The summed E-state index contributed by atoms with van der Waals surface area (Å²) in [7, 11) is -3.78. The Morgan fingerprint density at radius 3 is 2.70 bits per heavy atom. The molecule has 0 amide bonds. The Morgan fingerprint density at radius 2 is 2.25 bits per heavy atom. The maximum atomic E-state index is 12.1. The van der Waals surface area contributed by atoms with Crippen molar-refractivity contribution in [2.24, 2.45) is 5.84 Å². The summed E-state index contributed by atoms with van der Waals surface area (Å²) < 4.78 is 26.6. The Balaban J connectivity index is 2.95. The van der Waals surface area contributed by atoms with Crippen molar-refractivity contribution in [3.63, 3.8) is 0 Å². The van der Waals surface area contributed by atoms with Crippen LogP contribution in [0.1, 0.15) is 13.8 Å². The molecule has 0 bridgehead atoms. The van der Waals surface area contributed by atoms with Gasteiger partial charge in [-0.2, -0.15) is 11.8 Å². The number of nitrogens with two attached hydrogens (primary N) is 1. The van der Waals surface area contributed by atoms with E-state index in [4.69, 9.17) is 5.84 Å². The number of hydrogen-bond acceptors (Lipinski definition) is 8. The first-order valence-electron chi connectivity index (χ1n) is 5.66. The van der Waals surface area contributed by atoms with Gasteiger partial charge in [-0.1, -0.05) is 18.3 Å². The van der Waals surface area contributed by atoms with Crippen molar-refractivity contribution in [3.05, 3.63) is 16.2 Å². The third-order valence-corrected chi connectivity index (χ3v) is 6.47. The fourth-order valence-electron chi connectivity index (χ4n) is 1.38. The number of hydrogen-bond donors (Lipinski definition) is 3.